The van der Waals surface area contributed by atoms with Gasteiger partial charge in [0.2, 0.25) is 0 Å². The highest BCUT2D eigenvalue weighted by Gasteiger charge is 2.57. The van der Waals surface area contributed by atoms with Gasteiger partial charge in [0.15, 0.2) is 0 Å². The number of hydrogen-bond donors (Lipinski definition) is 0. The van der Waals surface area contributed by atoms with Crippen LogP contribution < -0.4 is 19.6 Å². The fourth-order valence-electron chi connectivity index (χ4n) is 23.0. The van der Waals surface area contributed by atoms with Crippen LogP contribution >= 0.6 is 0 Å². The van der Waals surface area contributed by atoms with Crippen LogP contribution in [0.5, 0.6) is 0 Å². The fraction of sp³-hybridized carbons (Fsp3) is 0.108. The molecule has 0 aromatic heterocycles. The Morgan fingerprint density at radius 3 is 0.672 bits per heavy atom. The third-order valence-electron chi connectivity index (χ3n) is 29.4. The van der Waals surface area contributed by atoms with Crippen LogP contribution in [0.25, 0.3) is 72.8 Å². The minimum absolute atomic E-state index is 0.00819. The minimum Gasteiger partial charge on any atom is -0.310 e. The Hall–Kier alpha value is -15.9. The van der Waals surface area contributed by atoms with Crippen molar-refractivity contribution in [3.8, 4) is 66.8 Å². The summed E-state index contributed by atoms with van der Waals surface area (Å²) in [6, 6.07) is 163. The Morgan fingerprint density at radius 2 is 0.373 bits per heavy atom. The first kappa shape index (κ1) is 82.5. The largest absolute Gasteiger partial charge is 0.310 e. The second-order valence-corrected chi connectivity index (χ2v) is 38.2. The lowest BCUT2D eigenvalue weighted by Crippen LogP contribution is -2.27. The summed E-state index contributed by atoms with van der Waals surface area (Å²) in [4.78, 5) is 9.55. The first-order valence-corrected chi connectivity index (χ1v) is 47.2. The summed E-state index contributed by atoms with van der Waals surface area (Å²) in [6.45, 7) is 22.3. The second kappa shape index (κ2) is 32.6. The lowest BCUT2D eigenvalue weighted by molar-refractivity contribution is 0.660. The molecule has 19 aromatic carbocycles. The normalized spacial score (nSPS) is 13.8. The van der Waals surface area contributed by atoms with E-state index in [1.807, 2.05) is 0 Å². The Bertz CT molecular complexity index is 7310. The summed E-state index contributed by atoms with van der Waals surface area (Å²) in [5.74, 6) is 0. The highest BCUT2D eigenvalue weighted by molar-refractivity contribution is 6.03. The number of hydrogen-bond acceptors (Lipinski definition) is 4. The summed E-state index contributed by atoms with van der Waals surface area (Å²) in [6.07, 6.45) is 4.28. The molecule has 644 valence electrons. The Kier molecular flexibility index (Phi) is 20.1. The Labute approximate surface area is 789 Å². The Balaban J connectivity index is 0.000000138. The number of allylic oxidation sites excluding steroid dienone is 1. The van der Waals surface area contributed by atoms with Crippen LogP contribution in [-0.4, -0.2) is 0 Å². The maximum Gasteiger partial charge on any atom is 0.0726 e. The number of para-hydroxylation sites is 4. The number of rotatable bonds is 13. The highest BCUT2D eigenvalue weighted by Crippen LogP contribution is 2.69. The topological polar surface area (TPSA) is 13.0 Å². The van der Waals surface area contributed by atoms with E-state index in [0.717, 1.165) is 45.5 Å². The molecular weight excluding hydrogens is 1620 g/mol. The minimum atomic E-state index is -0.579. The van der Waals surface area contributed by atoms with E-state index in [1.165, 1.54) is 190 Å². The molecule has 6 aliphatic rings. The molecule has 0 amide bonds. The molecule has 134 heavy (non-hydrogen) atoms. The van der Waals surface area contributed by atoms with Gasteiger partial charge in [-0.05, 0) is 338 Å². The van der Waals surface area contributed by atoms with Crippen molar-refractivity contribution >= 4 is 74.3 Å². The van der Waals surface area contributed by atoms with Gasteiger partial charge in [0.25, 0.3) is 0 Å². The van der Waals surface area contributed by atoms with Crippen molar-refractivity contribution in [2.75, 3.05) is 19.6 Å². The van der Waals surface area contributed by atoms with Crippen molar-refractivity contribution < 1.29 is 0 Å². The third kappa shape index (κ3) is 13.2. The SMILES string of the molecule is C/C=C/c1ccc2c(c1)C(C)(C)c1cc(N(c3ccccc3)c3ccccc3)ccc1-2.Cc1ccc(N(c2ccc(C)cc2)c2ccc3c(c2)C2(c4ccccc4-c4ccccc42)c2cc4c(cc2-3)C2(c3ccccc3-c3ccccc32)c2cc(N(c3ccc(C)cc3)c3ccc(C)cc3)ccc2-4)cc1.Cc1ccc2c(c1)C(C)(C)c1cc(N(c3ccccc3)c3ccccc3)ccc1-2. The van der Waals surface area contributed by atoms with Crippen molar-refractivity contribution in [3.63, 3.8) is 0 Å². The van der Waals surface area contributed by atoms with Gasteiger partial charge in [0.05, 0.1) is 10.8 Å². The van der Waals surface area contributed by atoms with E-state index in [4.69, 9.17) is 0 Å². The summed E-state index contributed by atoms with van der Waals surface area (Å²) in [5.41, 5.74) is 52.2. The van der Waals surface area contributed by atoms with E-state index in [1.54, 1.807) is 0 Å². The zero-order valence-electron chi connectivity index (χ0n) is 77.5. The van der Waals surface area contributed by atoms with Crippen LogP contribution in [0.3, 0.4) is 0 Å². The van der Waals surface area contributed by atoms with Crippen molar-refractivity contribution in [2.45, 2.75) is 90.9 Å². The van der Waals surface area contributed by atoms with Crippen molar-refractivity contribution in [3.05, 3.63) is 543 Å². The van der Waals surface area contributed by atoms with E-state index in [9.17, 15) is 0 Å². The molecule has 0 heterocycles. The molecule has 25 rings (SSSR count). The quantitative estimate of drug-likeness (QED) is 0.114. The molecular formula is C130H104N4. The van der Waals surface area contributed by atoms with Gasteiger partial charge in [-0.3, -0.25) is 0 Å². The van der Waals surface area contributed by atoms with Gasteiger partial charge < -0.3 is 19.6 Å². The average molecular weight is 1720 g/mol. The monoisotopic (exact) mass is 1720 g/mol. The predicted octanol–water partition coefficient (Wildman–Crippen LogP) is 34.8. The van der Waals surface area contributed by atoms with Gasteiger partial charge in [-0.2, -0.15) is 0 Å². The van der Waals surface area contributed by atoms with Gasteiger partial charge in [-0.15, -0.1) is 0 Å². The lowest BCUT2D eigenvalue weighted by atomic mass is 9.68. The molecule has 0 bridgehead atoms. The zero-order valence-corrected chi connectivity index (χ0v) is 77.5. The molecule has 0 saturated heterocycles. The van der Waals surface area contributed by atoms with E-state index in [2.05, 4.69) is 538 Å². The molecule has 0 atom stereocenters. The molecule has 0 radical (unpaired) electrons. The van der Waals surface area contributed by atoms with E-state index >= 15 is 0 Å². The average Bonchev–Trinajstić information content (AvgIpc) is 1.48. The van der Waals surface area contributed by atoms with Gasteiger partial charge in [-0.25, -0.2) is 0 Å². The molecule has 4 nitrogen and oxygen atoms in total. The summed E-state index contributed by atoms with van der Waals surface area (Å²) in [7, 11) is 0. The van der Waals surface area contributed by atoms with Crippen LogP contribution in [0.1, 0.15) is 135 Å². The molecule has 0 unspecified atom stereocenters. The van der Waals surface area contributed by atoms with Crippen molar-refractivity contribution in [2.24, 2.45) is 0 Å². The van der Waals surface area contributed by atoms with E-state index in [-0.39, 0.29) is 10.8 Å². The molecule has 0 fully saturated rings. The lowest BCUT2D eigenvalue weighted by Gasteiger charge is -2.33. The van der Waals surface area contributed by atoms with Crippen LogP contribution in [-0.2, 0) is 21.7 Å². The van der Waals surface area contributed by atoms with Crippen molar-refractivity contribution in [1.82, 2.24) is 0 Å². The standard InChI is InChI=1S/C72H52N2.C30H27N.C28H25N/c1-45-21-29-49(30-22-45)73(50-31-23-46(2)24-32-50)53-37-39-59-61-43-70-62(44-69(61)71(67(59)41-53)63-17-9-5-13-55(63)56-14-6-10-18-64(56)71)60-40-38-54(74(51-33-25-47(3)26-34-51)52-35-27-48(4)28-36-52)42-68(60)72(70)65-19-11-7-15-57(65)58-16-8-12-20-66(58)72;1-4-11-22-16-18-26-27-19-17-25(21-29(27)30(2,3)28(26)20-22)31(23-12-7-5-8-13-23)24-14-9-6-10-15-24;1-20-14-16-24-25-17-15-23(19-27(25)28(2,3)26(24)18-20)29(21-10-6-4-7-11-21)22-12-8-5-9-13-22/h5-44H,1-4H3;4-21H,1-3H3;4-19H,1-3H3/b;11-4+;. The number of anilines is 12. The molecule has 0 N–H and O–H groups in total. The first-order valence-electron chi connectivity index (χ1n) is 47.2. The van der Waals surface area contributed by atoms with Crippen LogP contribution in [0, 0.1) is 34.6 Å². The second-order valence-electron chi connectivity index (χ2n) is 38.2. The summed E-state index contributed by atoms with van der Waals surface area (Å²) >= 11 is 0. The highest BCUT2D eigenvalue weighted by atomic mass is 15.2. The van der Waals surface area contributed by atoms with Crippen LogP contribution in [0.2, 0.25) is 0 Å². The maximum absolute atomic E-state index is 2.63. The summed E-state index contributed by atoms with van der Waals surface area (Å²) in [5, 5.41) is 0. The number of aryl methyl sites for hydroxylation is 5. The van der Waals surface area contributed by atoms with Gasteiger partial charge in [0, 0.05) is 79.1 Å². The molecule has 4 heteroatoms. The molecule has 2 spiro atoms. The predicted molar refractivity (Wildman–Crippen MR) is 564 cm³/mol. The number of nitrogens with zero attached hydrogens (tertiary/aromatic N) is 4. The van der Waals surface area contributed by atoms with E-state index in [0.29, 0.717) is 0 Å². The number of benzene rings is 19. The third-order valence-corrected chi connectivity index (χ3v) is 29.4. The summed E-state index contributed by atoms with van der Waals surface area (Å²) < 4.78 is 0. The fourth-order valence-corrected chi connectivity index (χ4v) is 23.0. The molecule has 6 aliphatic carbocycles. The Morgan fingerprint density at radius 1 is 0.164 bits per heavy atom. The van der Waals surface area contributed by atoms with Gasteiger partial charge in [0.1, 0.15) is 0 Å². The number of fused-ring (bicyclic) bond motifs is 26. The zero-order chi connectivity index (χ0) is 90.9. The molecule has 0 saturated carbocycles. The molecule has 0 aliphatic heterocycles. The van der Waals surface area contributed by atoms with Crippen LogP contribution in [0.15, 0.2) is 443 Å². The van der Waals surface area contributed by atoms with E-state index < -0.39 is 10.8 Å². The molecule has 19 aromatic rings. The van der Waals surface area contributed by atoms with Gasteiger partial charge in [-0.1, -0.05) is 347 Å². The van der Waals surface area contributed by atoms with Crippen LogP contribution in [0.4, 0.5) is 68.2 Å². The first-order chi connectivity index (χ1) is 65.5. The smallest absolute Gasteiger partial charge is 0.0726 e. The van der Waals surface area contributed by atoms with Crippen molar-refractivity contribution in [1.29, 1.82) is 0 Å². The maximum atomic E-state index is 2.63. The van der Waals surface area contributed by atoms with Gasteiger partial charge >= 0.3 is 0 Å².